The molecular formula is C16H22N4O3S2. The third kappa shape index (κ3) is 5.30. The third-order valence-corrected chi connectivity index (χ3v) is 5.21. The van der Waals surface area contributed by atoms with Crippen molar-refractivity contribution in [3.63, 3.8) is 0 Å². The zero-order valence-corrected chi connectivity index (χ0v) is 16.4. The maximum Gasteiger partial charge on any atom is 0.341 e. The van der Waals surface area contributed by atoms with Crippen LogP contribution in [0.2, 0.25) is 0 Å². The van der Waals surface area contributed by atoms with Gasteiger partial charge in [-0.15, -0.1) is 21.5 Å². The first-order valence-corrected chi connectivity index (χ1v) is 9.83. The molecule has 0 aliphatic heterocycles. The summed E-state index contributed by atoms with van der Waals surface area (Å²) in [4.78, 5) is 24.6. The Morgan fingerprint density at radius 2 is 2.20 bits per heavy atom. The molecule has 2 heterocycles. The summed E-state index contributed by atoms with van der Waals surface area (Å²) in [6.07, 6.45) is 2.34. The van der Waals surface area contributed by atoms with Crippen molar-refractivity contribution >= 4 is 40.0 Å². The van der Waals surface area contributed by atoms with Crippen molar-refractivity contribution in [1.29, 1.82) is 0 Å². The molecule has 25 heavy (non-hydrogen) atoms. The van der Waals surface area contributed by atoms with E-state index in [9.17, 15) is 9.59 Å². The average molecular weight is 383 g/mol. The molecule has 0 spiro atoms. The fourth-order valence-electron chi connectivity index (χ4n) is 2.20. The van der Waals surface area contributed by atoms with Gasteiger partial charge in [0.2, 0.25) is 5.91 Å². The molecule has 2 aromatic heterocycles. The number of nitrogens with zero attached hydrogens (tertiary/aromatic N) is 3. The Labute approximate surface area is 155 Å². The van der Waals surface area contributed by atoms with Crippen molar-refractivity contribution in [2.75, 3.05) is 17.7 Å². The van der Waals surface area contributed by atoms with Crippen molar-refractivity contribution in [2.45, 2.75) is 32.3 Å². The summed E-state index contributed by atoms with van der Waals surface area (Å²) in [5.74, 6) is -0.00314. The van der Waals surface area contributed by atoms with E-state index in [-0.39, 0.29) is 11.7 Å². The minimum Gasteiger partial charge on any atom is -0.462 e. The third-order valence-electron chi connectivity index (χ3n) is 3.23. The Bertz CT molecular complexity index is 740. The fourth-order valence-corrected chi connectivity index (χ4v) is 3.87. The first-order valence-electron chi connectivity index (χ1n) is 7.96. The number of hydrogen-bond acceptors (Lipinski definition) is 7. The predicted molar refractivity (Wildman–Crippen MR) is 99.2 cm³/mol. The molecule has 1 amide bonds. The number of nitrogens with one attached hydrogen (secondary N) is 1. The normalized spacial score (nSPS) is 10.9. The van der Waals surface area contributed by atoms with Crippen LogP contribution in [0.25, 0.3) is 0 Å². The number of thioether (sulfide) groups is 1. The van der Waals surface area contributed by atoms with E-state index < -0.39 is 5.97 Å². The van der Waals surface area contributed by atoms with Crippen LogP contribution < -0.4 is 5.32 Å². The van der Waals surface area contributed by atoms with Gasteiger partial charge in [0.1, 0.15) is 11.3 Å². The van der Waals surface area contributed by atoms with Crippen molar-refractivity contribution in [3.05, 3.63) is 22.8 Å². The lowest BCUT2D eigenvalue weighted by Gasteiger charge is -2.09. The zero-order valence-electron chi connectivity index (χ0n) is 14.7. The van der Waals surface area contributed by atoms with Crippen molar-refractivity contribution in [1.82, 2.24) is 14.8 Å². The van der Waals surface area contributed by atoms with Crippen molar-refractivity contribution in [3.8, 4) is 0 Å². The maximum atomic E-state index is 12.3. The van der Waals surface area contributed by atoms with Gasteiger partial charge in [-0.3, -0.25) is 4.79 Å². The molecule has 0 aliphatic carbocycles. The summed E-state index contributed by atoms with van der Waals surface area (Å²) in [6, 6.07) is 0. The highest BCUT2D eigenvalue weighted by molar-refractivity contribution is 7.99. The number of ether oxygens (including phenoxy) is 1. The lowest BCUT2D eigenvalue weighted by atomic mass is 10.0. The molecule has 2 rings (SSSR count). The summed E-state index contributed by atoms with van der Waals surface area (Å²) in [5, 5.41) is 13.6. The van der Waals surface area contributed by atoms with E-state index in [0.29, 0.717) is 28.2 Å². The van der Waals surface area contributed by atoms with Gasteiger partial charge >= 0.3 is 5.97 Å². The van der Waals surface area contributed by atoms with E-state index >= 15 is 0 Å². The molecule has 0 saturated heterocycles. The zero-order chi connectivity index (χ0) is 18.4. The Balaban J connectivity index is 2.09. The summed E-state index contributed by atoms with van der Waals surface area (Å²) in [7, 11) is 1.82. The van der Waals surface area contributed by atoms with Crippen LogP contribution in [0, 0.1) is 5.92 Å². The van der Waals surface area contributed by atoms with Gasteiger partial charge in [-0.05, 0) is 30.2 Å². The summed E-state index contributed by atoms with van der Waals surface area (Å²) >= 11 is 2.64. The van der Waals surface area contributed by atoms with E-state index in [1.807, 2.05) is 12.4 Å². The highest BCUT2D eigenvalue weighted by Gasteiger charge is 2.22. The maximum absolute atomic E-state index is 12.3. The van der Waals surface area contributed by atoms with E-state index in [1.165, 1.54) is 23.1 Å². The minimum atomic E-state index is -0.393. The van der Waals surface area contributed by atoms with Gasteiger partial charge in [-0.1, -0.05) is 25.6 Å². The van der Waals surface area contributed by atoms with Crippen LogP contribution >= 0.6 is 23.1 Å². The van der Waals surface area contributed by atoms with Gasteiger partial charge in [0.05, 0.1) is 17.9 Å². The lowest BCUT2D eigenvalue weighted by molar-refractivity contribution is -0.113. The van der Waals surface area contributed by atoms with Crippen LogP contribution in [0.4, 0.5) is 5.00 Å². The van der Waals surface area contributed by atoms with Gasteiger partial charge in [0.25, 0.3) is 0 Å². The van der Waals surface area contributed by atoms with Crippen LogP contribution in [0.1, 0.15) is 36.7 Å². The van der Waals surface area contributed by atoms with Crippen LogP contribution in [0.3, 0.4) is 0 Å². The Morgan fingerprint density at radius 1 is 1.44 bits per heavy atom. The second-order valence-corrected chi connectivity index (χ2v) is 7.67. The van der Waals surface area contributed by atoms with Gasteiger partial charge in [0.15, 0.2) is 5.16 Å². The van der Waals surface area contributed by atoms with Crippen LogP contribution in [0.15, 0.2) is 16.9 Å². The van der Waals surface area contributed by atoms with Gasteiger partial charge in [-0.2, -0.15) is 0 Å². The topological polar surface area (TPSA) is 86.1 Å². The van der Waals surface area contributed by atoms with Crippen LogP contribution in [-0.4, -0.2) is 39.0 Å². The molecule has 1 N–H and O–H groups in total. The molecule has 0 aliphatic rings. The molecular weight excluding hydrogens is 360 g/mol. The Kier molecular flexibility index (Phi) is 7.01. The molecule has 0 aromatic carbocycles. The Morgan fingerprint density at radius 3 is 2.80 bits per heavy atom. The summed E-state index contributed by atoms with van der Waals surface area (Å²) < 4.78 is 6.90. The van der Waals surface area contributed by atoms with Crippen molar-refractivity contribution < 1.29 is 14.3 Å². The largest absolute Gasteiger partial charge is 0.462 e. The number of amides is 1. The van der Waals surface area contributed by atoms with Gasteiger partial charge in [0, 0.05) is 7.05 Å². The molecule has 0 fully saturated rings. The van der Waals surface area contributed by atoms with E-state index in [1.54, 1.807) is 17.8 Å². The highest BCUT2D eigenvalue weighted by Crippen LogP contribution is 2.31. The number of rotatable bonds is 8. The Hall–Kier alpha value is -1.87. The quantitative estimate of drug-likeness (QED) is 0.558. The molecule has 0 unspecified atom stereocenters. The van der Waals surface area contributed by atoms with Gasteiger partial charge < -0.3 is 14.6 Å². The number of hydrogen-bond donors (Lipinski definition) is 1. The number of thiophene rings is 1. The standard InChI is InChI=1S/C16H22N4O3S2/c1-5-23-15(22)13-11(6-10(2)3)7-24-14(13)18-12(21)8-25-16-19-17-9-20(16)4/h7,9-10H,5-6,8H2,1-4H3,(H,18,21). The number of aromatic nitrogens is 3. The first kappa shape index (κ1) is 19.5. The van der Waals surface area contributed by atoms with Crippen LogP contribution in [-0.2, 0) is 23.0 Å². The lowest BCUT2D eigenvalue weighted by Crippen LogP contribution is -2.17. The highest BCUT2D eigenvalue weighted by atomic mass is 32.2. The molecule has 9 heteroatoms. The molecule has 0 radical (unpaired) electrons. The predicted octanol–water partition coefficient (Wildman–Crippen LogP) is 2.98. The smallest absolute Gasteiger partial charge is 0.341 e. The number of carbonyl (C=O) groups is 2. The number of aryl methyl sites for hydroxylation is 1. The number of anilines is 1. The second-order valence-electron chi connectivity index (χ2n) is 5.84. The minimum absolute atomic E-state index is 0.187. The molecule has 0 bridgehead atoms. The van der Waals surface area contributed by atoms with E-state index in [2.05, 4.69) is 29.4 Å². The number of esters is 1. The molecule has 0 atom stereocenters. The van der Waals surface area contributed by atoms with Crippen molar-refractivity contribution in [2.24, 2.45) is 13.0 Å². The SMILES string of the molecule is CCOC(=O)c1c(CC(C)C)csc1NC(=O)CSc1nncn1C. The van der Waals surface area contributed by atoms with Crippen LogP contribution in [0.5, 0.6) is 0 Å². The van der Waals surface area contributed by atoms with E-state index in [4.69, 9.17) is 4.74 Å². The average Bonchev–Trinajstić information content (AvgIpc) is 3.11. The molecule has 0 saturated carbocycles. The summed E-state index contributed by atoms with van der Waals surface area (Å²) in [6.45, 7) is 6.23. The number of carbonyl (C=O) groups excluding carboxylic acids is 2. The summed E-state index contributed by atoms with van der Waals surface area (Å²) in [5.41, 5.74) is 1.38. The molecule has 136 valence electrons. The van der Waals surface area contributed by atoms with Gasteiger partial charge in [-0.25, -0.2) is 4.79 Å². The molecule has 7 nitrogen and oxygen atoms in total. The second kappa shape index (κ2) is 9.00. The molecule has 2 aromatic rings. The first-order chi connectivity index (χ1) is 11.9. The van der Waals surface area contributed by atoms with E-state index in [0.717, 1.165) is 12.0 Å². The fraction of sp³-hybridized carbons (Fsp3) is 0.500. The monoisotopic (exact) mass is 382 g/mol.